The zero-order valence-electron chi connectivity index (χ0n) is 15.2. The third-order valence-electron chi connectivity index (χ3n) is 3.19. The molecule has 3 aromatic heterocycles. The predicted molar refractivity (Wildman–Crippen MR) is 110 cm³/mol. The molecule has 5 nitrogen and oxygen atoms in total. The SMILES string of the molecule is BF.O=C1NCc2ccccc21.c1cc[nH]c1.c1cc[nH]c1.c1cc[nH]c1. The van der Waals surface area contributed by atoms with Crippen molar-refractivity contribution in [3.63, 3.8) is 0 Å². The normalized spacial score (nSPS) is 10.0. The molecule has 5 rings (SSSR count). The second-order valence-corrected chi connectivity index (χ2v) is 4.99. The van der Waals surface area contributed by atoms with Gasteiger partial charge in [-0.1, -0.05) is 18.2 Å². The maximum atomic E-state index is 11.0. The van der Waals surface area contributed by atoms with Gasteiger partial charge in [0, 0.05) is 49.3 Å². The van der Waals surface area contributed by atoms with E-state index in [9.17, 15) is 9.11 Å². The first-order valence-corrected chi connectivity index (χ1v) is 8.35. The van der Waals surface area contributed by atoms with E-state index in [-0.39, 0.29) is 5.91 Å². The van der Waals surface area contributed by atoms with Crippen molar-refractivity contribution in [2.75, 3.05) is 0 Å². The number of hydrogen-bond donors (Lipinski definition) is 4. The Bertz CT molecular complexity index is 673. The largest absolute Gasteiger partial charge is 0.368 e. The monoisotopic (exact) mass is 366 g/mol. The first-order chi connectivity index (χ1) is 13.4. The Morgan fingerprint density at radius 2 is 1.07 bits per heavy atom. The second-order valence-electron chi connectivity index (χ2n) is 4.99. The molecule has 4 aromatic rings. The van der Waals surface area contributed by atoms with Crippen molar-refractivity contribution in [3.8, 4) is 0 Å². The molecule has 4 N–H and O–H groups in total. The molecule has 0 saturated carbocycles. The Labute approximate surface area is 159 Å². The van der Waals surface area contributed by atoms with E-state index in [0.717, 1.165) is 11.1 Å². The average Bonchev–Trinajstić information content (AvgIpc) is 3.56. The second kappa shape index (κ2) is 14.8. The highest BCUT2D eigenvalue weighted by atomic mass is 19.1. The summed E-state index contributed by atoms with van der Waals surface area (Å²) < 4.78 is 9.50. The highest BCUT2D eigenvalue weighted by molar-refractivity contribution is 5.98. The fourth-order valence-electron chi connectivity index (χ4n) is 2.00. The number of halogens is 1. The topological polar surface area (TPSA) is 76.5 Å². The summed E-state index contributed by atoms with van der Waals surface area (Å²) in [6, 6.07) is 19.3. The van der Waals surface area contributed by atoms with Gasteiger partial charge in [-0.15, -0.1) is 0 Å². The van der Waals surface area contributed by atoms with Crippen LogP contribution in [0.2, 0.25) is 0 Å². The molecule has 1 aliphatic heterocycles. The van der Waals surface area contributed by atoms with Crippen molar-refractivity contribution >= 4 is 14.0 Å². The minimum atomic E-state index is 0.0515. The van der Waals surface area contributed by atoms with E-state index >= 15 is 0 Å². The molecule has 0 radical (unpaired) electrons. The summed E-state index contributed by atoms with van der Waals surface area (Å²) in [5.41, 5.74) is 1.93. The summed E-state index contributed by atoms with van der Waals surface area (Å²) in [6.07, 6.45) is 11.2. The number of carbonyl (C=O) groups is 1. The van der Waals surface area contributed by atoms with Crippen molar-refractivity contribution in [1.29, 1.82) is 0 Å². The van der Waals surface area contributed by atoms with Crippen molar-refractivity contribution in [2.45, 2.75) is 6.54 Å². The highest BCUT2D eigenvalue weighted by Gasteiger charge is 2.16. The zero-order chi connectivity index (χ0) is 19.6. The van der Waals surface area contributed by atoms with E-state index in [0.29, 0.717) is 14.7 Å². The van der Waals surface area contributed by atoms with Gasteiger partial charge in [-0.25, -0.2) is 0 Å². The van der Waals surface area contributed by atoms with Crippen LogP contribution in [0.1, 0.15) is 15.9 Å². The Morgan fingerprint density at radius 3 is 1.41 bits per heavy atom. The van der Waals surface area contributed by atoms with Crippen molar-refractivity contribution in [2.24, 2.45) is 0 Å². The maximum absolute atomic E-state index is 11.0. The van der Waals surface area contributed by atoms with E-state index in [2.05, 4.69) is 20.3 Å². The summed E-state index contributed by atoms with van der Waals surface area (Å²) >= 11 is 0. The van der Waals surface area contributed by atoms with E-state index in [1.54, 1.807) is 0 Å². The van der Waals surface area contributed by atoms with Crippen LogP contribution in [0.3, 0.4) is 0 Å². The number of hydrogen-bond acceptors (Lipinski definition) is 1. The molecular weight excluding hydrogens is 342 g/mol. The van der Waals surface area contributed by atoms with E-state index in [1.807, 2.05) is 97.8 Å². The van der Waals surface area contributed by atoms with Gasteiger partial charge in [0.25, 0.3) is 5.91 Å². The third kappa shape index (κ3) is 9.55. The molecule has 1 aliphatic rings. The van der Waals surface area contributed by atoms with Gasteiger partial charge in [0.1, 0.15) is 0 Å². The van der Waals surface area contributed by atoms with Crippen LogP contribution in [0, 0.1) is 0 Å². The number of benzene rings is 1. The lowest BCUT2D eigenvalue weighted by Crippen LogP contribution is -2.12. The average molecular weight is 366 g/mol. The third-order valence-corrected chi connectivity index (χ3v) is 3.19. The number of amides is 1. The molecule has 4 heterocycles. The molecular formula is C20H24BFN4O. The van der Waals surface area contributed by atoms with Gasteiger partial charge in [0.15, 0.2) is 0 Å². The summed E-state index contributed by atoms with van der Waals surface area (Å²) in [6.45, 7) is 0.689. The van der Waals surface area contributed by atoms with Crippen LogP contribution >= 0.6 is 0 Å². The number of fused-ring (bicyclic) bond motifs is 1. The Hall–Kier alpha value is -3.48. The van der Waals surface area contributed by atoms with Gasteiger partial charge >= 0.3 is 8.12 Å². The molecule has 0 aliphatic carbocycles. The molecule has 1 amide bonds. The molecule has 0 atom stereocenters. The van der Waals surface area contributed by atoms with Gasteiger partial charge in [-0.3, -0.25) is 4.79 Å². The standard InChI is InChI=1S/C8H7NO.3C4H5N.BFH2/c10-8-7-4-2-1-3-6(7)5-9-8;3*1-2-4-5-3-1;1-2/h1-4H,5H2,(H,9,10);3*1-5H;1H2. The molecule has 27 heavy (non-hydrogen) atoms. The molecule has 7 heteroatoms. The number of H-pyrrole nitrogens is 3. The van der Waals surface area contributed by atoms with E-state index in [1.165, 1.54) is 0 Å². The number of nitrogens with one attached hydrogen (secondary N) is 4. The smallest absolute Gasteiger partial charge is 0.314 e. The minimum Gasteiger partial charge on any atom is -0.368 e. The molecule has 0 saturated heterocycles. The van der Waals surface area contributed by atoms with Gasteiger partial charge < -0.3 is 24.6 Å². The van der Waals surface area contributed by atoms with Gasteiger partial charge in [-0.05, 0) is 48.0 Å². The molecule has 0 unspecified atom stereocenters. The number of rotatable bonds is 0. The number of aromatic nitrogens is 3. The quantitative estimate of drug-likeness (QED) is 0.354. The van der Waals surface area contributed by atoms with Crippen LogP contribution in [0.4, 0.5) is 4.32 Å². The van der Waals surface area contributed by atoms with Crippen molar-refractivity contribution in [3.05, 3.63) is 109 Å². The Morgan fingerprint density at radius 1 is 0.667 bits per heavy atom. The summed E-state index contributed by atoms with van der Waals surface area (Å²) in [7, 11) is 0.500. The summed E-state index contributed by atoms with van der Waals surface area (Å²) in [5, 5.41) is 2.75. The lowest BCUT2D eigenvalue weighted by Gasteiger charge is -1.89. The predicted octanol–water partition coefficient (Wildman–Crippen LogP) is 3.48. The molecule has 0 spiro atoms. The number of carbonyl (C=O) groups excluding carboxylic acids is 1. The Balaban J connectivity index is 0.000000185. The first kappa shape index (κ1) is 21.6. The van der Waals surface area contributed by atoms with Crippen LogP contribution in [0.5, 0.6) is 0 Å². The minimum absolute atomic E-state index is 0.0515. The first-order valence-electron chi connectivity index (χ1n) is 8.35. The van der Waals surface area contributed by atoms with E-state index in [4.69, 9.17) is 0 Å². The van der Waals surface area contributed by atoms with Crippen LogP contribution in [0.15, 0.2) is 97.8 Å². The fourth-order valence-corrected chi connectivity index (χ4v) is 2.00. The van der Waals surface area contributed by atoms with Crippen LogP contribution in [0.25, 0.3) is 0 Å². The molecule has 140 valence electrons. The van der Waals surface area contributed by atoms with Crippen LogP contribution in [-0.2, 0) is 6.54 Å². The molecule has 0 bridgehead atoms. The highest BCUT2D eigenvalue weighted by Crippen LogP contribution is 2.13. The van der Waals surface area contributed by atoms with Crippen molar-refractivity contribution in [1.82, 2.24) is 20.3 Å². The molecule has 0 fully saturated rings. The van der Waals surface area contributed by atoms with Crippen LogP contribution < -0.4 is 5.32 Å². The lowest BCUT2D eigenvalue weighted by atomic mass is 10.1. The summed E-state index contributed by atoms with van der Waals surface area (Å²) in [5.74, 6) is 0.0515. The van der Waals surface area contributed by atoms with Gasteiger partial charge in [0.2, 0.25) is 0 Å². The Kier molecular flexibility index (Phi) is 11.8. The lowest BCUT2D eigenvalue weighted by molar-refractivity contribution is 0.0966. The van der Waals surface area contributed by atoms with E-state index < -0.39 is 0 Å². The fraction of sp³-hybridized carbons (Fsp3) is 0.0500. The van der Waals surface area contributed by atoms with Gasteiger partial charge in [0.05, 0.1) is 0 Å². The van der Waals surface area contributed by atoms with Crippen LogP contribution in [-0.4, -0.2) is 29.0 Å². The zero-order valence-corrected chi connectivity index (χ0v) is 15.2. The molecule has 1 aromatic carbocycles. The number of aromatic amines is 3. The maximum Gasteiger partial charge on any atom is 0.314 e. The van der Waals surface area contributed by atoms with Gasteiger partial charge in [-0.2, -0.15) is 0 Å². The van der Waals surface area contributed by atoms with Crippen molar-refractivity contribution < 1.29 is 9.11 Å². The summed E-state index contributed by atoms with van der Waals surface area (Å²) in [4.78, 5) is 19.5.